The first-order valence-corrected chi connectivity index (χ1v) is 10.3. The Bertz CT molecular complexity index is 1340. The molecule has 2 N–H and O–H groups in total. The summed E-state index contributed by atoms with van der Waals surface area (Å²) >= 11 is 0. The second-order valence-electron chi connectivity index (χ2n) is 8.72. The number of amides is 1. The van der Waals surface area contributed by atoms with E-state index in [1.165, 1.54) is 10.6 Å². The fraction of sp³-hybridized carbons (Fsp3) is 0.364. The number of H-pyrrole nitrogens is 1. The van der Waals surface area contributed by atoms with Crippen molar-refractivity contribution in [3.8, 4) is 17.0 Å². The molecule has 166 valence electrons. The van der Waals surface area contributed by atoms with Gasteiger partial charge in [-0.15, -0.1) is 0 Å². The molecule has 0 saturated heterocycles. The van der Waals surface area contributed by atoms with Crippen LogP contribution in [0.5, 0.6) is 5.88 Å². The van der Waals surface area contributed by atoms with Crippen molar-refractivity contribution in [2.24, 2.45) is 5.41 Å². The number of hydrogen-bond acceptors (Lipinski definition) is 6. The minimum atomic E-state index is -0.434. The fourth-order valence-electron chi connectivity index (χ4n) is 4.58. The topological polar surface area (TPSA) is 100 Å². The summed E-state index contributed by atoms with van der Waals surface area (Å²) in [5.41, 5.74) is 2.34. The Kier molecular flexibility index (Phi) is 4.54. The summed E-state index contributed by atoms with van der Waals surface area (Å²) in [4.78, 5) is 30.3. The Balaban J connectivity index is 1.44. The predicted octanol–water partition coefficient (Wildman–Crippen LogP) is 3.09. The minimum Gasteiger partial charge on any atom is -0.480 e. The Morgan fingerprint density at radius 2 is 2.12 bits per heavy atom. The number of hydrogen-bond donors (Lipinski definition) is 2. The molecule has 4 aromatic heterocycles. The number of imidazole rings is 1. The van der Waals surface area contributed by atoms with Crippen molar-refractivity contribution >= 4 is 28.5 Å². The van der Waals surface area contributed by atoms with Gasteiger partial charge in [-0.3, -0.25) is 9.20 Å². The van der Waals surface area contributed by atoms with E-state index in [9.17, 15) is 9.18 Å². The van der Waals surface area contributed by atoms with Gasteiger partial charge >= 0.3 is 0 Å². The van der Waals surface area contributed by atoms with E-state index in [-0.39, 0.29) is 17.4 Å². The zero-order valence-electron chi connectivity index (χ0n) is 18.3. The van der Waals surface area contributed by atoms with Crippen LogP contribution in [0.4, 0.5) is 10.3 Å². The van der Waals surface area contributed by atoms with Gasteiger partial charge in [0.15, 0.2) is 0 Å². The van der Waals surface area contributed by atoms with Crippen molar-refractivity contribution in [2.45, 2.75) is 25.8 Å². The average Bonchev–Trinajstić information content (AvgIpc) is 3.34. The highest BCUT2D eigenvalue weighted by Crippen LogP contribution is 2.43. The third-order valence-corrected chi connectivity index (χ3v) is 6.11. The molecule has 1 amide bonds. The van der Waals surface area contributed by atoms with Crippen LogP contribution >= 0.6 is 0 Å². The van der Waals surface area contributed by atoms with E-state index in [1.807, 2.05) is 13.0 Å². The number of carbonyl (C=O) groups is 1. The van der Waals surface area contributed by atoms with Gasteiger partial charge in [-0.2, -0.15) is 14.4 Å². The minimum absolute atomic E-state index is 0.104. The zero-order valence-corrected chi connectivity index (χ0v) is 18.3. The van der Waals surface area contributed by atoms with Gasteiger partial charge in [0.05, 0.1) is 24.1 Å². The molecule has 9 nitrogen and oxygen atoms in total. The largest absolute Gasteiger partial charge is 0.480 e. The molecule has 0 atom stereocenters. The van der Waals surface area contributed by atoms with E-state index in [4.69, 9.17) is 4.74 Å². The Morgan fingerprint density at radius 1 is 1.34 bits per heavy atom. The van der Waals surface area contributed by atoms with Gasteiger partial charge < -0.3 is 19.9 Å². The van der Waals surface area contributed by atoms with Crippen molar-refractivity contribution in [2.75, 3.05) is 26.5 Å². The second kappa shape index (κ2) is 7.18. The van der Waals surface area contributed by atoms with Crippen LogP contribution in [-0.4, -0.2) is 62.4 Å². The summed E-state index contributed by atoms with van der Waals surface area (Å²) in [7, 11) is 5.10. The number of nitrogens with zero attached hydrogens (tertiary/aromatic N) is 5. The van der Waals surface area contributed by atoms with E-state index in [0.29, 0.717) is 41.4 Å². The van der Waals surface area contributed by atoms with Gasteiger partial charge in [0.25, 0.3) is 0 Å². The highest BCUT2D eigenvalue weighted by atomic mass is 19.1. The van der Waals surface area contributed by atoms with Gasteiger partial charge in [0.2, 0.25) is 23.7 Å². The molecule has 4 aromatic rings. The van der Waals surface area contributed by atoms with E-state index in [2.05, 4.69) is 25.3 Å². The lowest BCUT2D eigenvalue weighted by molar-refractivity contribution is -0.143. The number of rotatable bonds is 5. The molecule has 1 aliphatic rings. The van der Waals surface area contributed by atoms with Crippen LogP contribution in [0.2, 0.25) is 0 Å². The molecular formula is C22H24FN7O2. The molecular weight excluding hydrogens is 413 g/mol. The summed E-state index contributed by atoms with van der Waals surface area (Å²) in [6.07, 6.45) is 6.09. The molecule has 0 unspecified atom stereocenters. The van der Waals surface area contributed by atoms with Crippen LogP contribution in [0.1, 0.15) is 19.8 Å². The zero-order chi connectivity index (χ0) is 22.6. The second-order valence-corrected chi connectivity index (χ2v) is 8.72. The third-order valence-electron chi connectivity index (χ3n) is 6.11. The predicted molar refractivity (Wildman–Crippen MR) is 118 cm³/mol. The fourth-order valence-corrected chi connectivity index (χ4v) is 4.58. The van der Waals surface area contributed by atoms with Crippen LogP contribution in [0.3, 0.4) is 0 Å². The molecule has 0 radical (unpaired) electrons. The Hall–Kier alpha value is -3.69. The molecule has 32 heavy (non-hydrogen) atoms. The smallest absolute Gasteiger partial charge is 0.228 e. The van der Waals surface area contributed by atoms with E-state index in [1.54, 1.807) is 44.6 Å². The number of aromatic nitrogens is 5. The number of aromatic amines is 1. The van der Waals surface area contributed by atoms with Crippen LogP contribution in [0, 0.1) is 11.4 Å². The monoisotopic (exact) mass is 437 g/mol. The summed E-state index contributed by atoms with van der Waals surface area (Å²) in [5.74, 6) is 0.538. The molecule has 1 fully saturated rings. The number of carbonyl (C=O) groups excluding carboxylic acids is 1. The first-order valence-electron chi connectivity index (χ1n) is 10.3. The first-order chi connectivity index (χ1) is 15.3. The highest BCUT2D eigenvalue weighted by Gasteiger charge is 2.47. The number of fused-ring (bicyclic) bond motifs is 2. The van der Waals surface area contributed by atoms with Gasteiger partial charge in [0.1, 0.15) is 11.3 Å². The number of ether oxygens (including phenoxy) is 1. The molecule has 0 bridgehead atoms. The van der Waals surface area contributed by atoms with Crippen molar-refractivity contribution in [1.29, 1.82) is 0 Å². The molecule has 0 aliphatic heterocycles. The summed E-state index contributed by atoms with van der Waals surface area (Å²) in [5, 5.41) is 4.02. The van der Waals surface area contributed by atoms with Crippen molar-refractivity contribution < 1.29 is 13.9 Å². The molecule has 4 heterocycles. The summed E-state index contributed by atoms with van der Waals surface area (Å²) < 4.78 is 21.0. The van der Waals surface area contributed by atoms with Gasteiger partial charge in [-0.05, 0) is 25.0 Å². The lowest BCUT2D eigenvalue weighted by atomic mass is 9.66. The first kappa shape index (κ1) is 20.2. The lowest BCUT2D eigenvalue weighted by Crippen LogP contribution is -2.52. The SMILES string of the molecule is COc1nc(N[C@H]2C[C@](C)(C(=O)N(C)C)C2)nc2[nH]cc(-c3ccc4ncc(F)n4c3)c12. The number of pyridine rings is 1. The Labute approximate surface area is 183 Å². The van der Waals surface area contributed by atoms with Crippen LogP contribution in [0.25, 0.3) is 27.8 Å². The highest BCUT2D eigenvalue weighted by molar-refractivity contribution is 5.97. The average molecular weight is 437 g/mol. The normalized spacial score (nSPS) is 20.3. The standard InChI is InChI=1S/C22H24FN7O2/c1-22(20(31)29(2)3)7-13(8-22)26-21-27-18-17(19(28-21)32-4)14(9-25-18)12-5-6-16-24-10-15(23)30(16)11-12/h5-6,9-11,13H,7-8H2,1-4H3,(H2,25,26,27,28)/t13-,22-. The van der Waals surface area contributed by atoms with E-state index >= 15 is 0 Å². The molecule has 1 aliphatic carbocycles. The van der Waals surface area contributed by atoms with Gasteiger partial charge in [-0.25, -0.2) is 4.98 Å². The lowest BCUT2D eigenvalue weighted by Gasteiger charge is -2.45. The summed E-state index contributed by atoms with van der Waals surface area (Å²) in [6.45, 7) is 1.98. The molecule has 0 spiro atoms. The van der Waals surface area contributed by atoms with Crippen molar-refractivity contribution in [1.82, 2.24) is 29.2 Å². The molecule has 10 heteroatoms. The summed E-state index contributed by atoms with van der Waals surface area (Å²) in [6, 6.07) is 3.72. The maximum absolute atomic E-state index is 14.0. The van der Waals surface area contributed by atoms with Crippen LogP contribution in [0.15, 0.2) is 30.7 Å². The number of anilines is 1. The van der Waals surface area contributed by atoms with E-state index in [0.717, 1.165) is 11.1 Å². The third kappa shape index (κ3) is 3.14. The molecule has 1 saturated carbocycles. The number of methoxy groups -OCH3 is 1. The maximum Gasteiger partial charge on any atom is 0.228 e. The number of nitrogens with one attached hydrogen (secondary N) is 2. The van der Waals surface area contributed by atoms with Crippen molar-refractivity contribution in [3.05, 3.63) is 36.7 Å². The van der Waals surface area contributed by atoms with E-state index < -0.39 is 5.95 Å². The number of halogens is 1. The molecule has 5 rings (SSSR count). The van der Waals surface area contributed by atoms with Crippen molar-refractivity contribution in [3.63, 3.8) is 0 Å². The van der Waals surface area contributed by atoms with Crippen LogP contribution < -0.4 is 10.1 Å². The quantitative estimate of drug-likeness (QED) is 0.498. The Morgan fingerprint density at radius 3 is 2.84 bits per heavy atom. The maximum atomic E-state index is 14.0. The van der Waals surface area contributed by atoms with Gasteiger partial charge in [0, 0.05) is 43.7 Å². The molecule has 0 aromatic carbocycles. The van der Waals surface area contributed by atoms with Crippen LogP contribution in [-0.2, 0) is 4.79 Å². The van der Waals surface area contributed by atoms with Gasteiger partial charge in [-0.1, -0.05) is 6.92 Å².